The molecule has 26 heavy (non-hydrogen) atoms. The van der Waals surface area contributed by atoms with Crippen LogP contribution in [0.2, 0.25) is 0 Å². The van der Waals surface area contributed by atoms with Gasteiger partial charge in [-0.05, 0) is 19.3 Å². The molecule has 0 bridgehead atoms. The largest absolute Gasteiger partial charge is 0.368 e. The molecule has 3 heterocycles. The van der Waals surface area contributed by atoms with Crippen molar-refractivity contribution < 1.29 is 17.9 Å². The Kier molecular flexibility index (Phi) is 4.11. The Bertz CT molecular complexity index is 970. The van der Waals surface area contributed by atoms with Crippen LogP contribution in [0.4, 0.5) is 30.6 Å². The van der Waals surface area contributed by atoms with Crippen molar-refractivity contribution in [2.75, 3.05) is 17.7 Å². The minimum atomic E-state index is -1.28. The molecule has 1 fully saturated rings. The van der Waals surface area contributed by atoms with Crippen LogP contribution in [0, 0.1) is 17.5 Å². The summed E-state index contributed by atoms with van der Waals surface area (Å²) in [6, 6.07) is 1.16. The van der Waals surface area contributed by atoms with Gasteiger partial charge in [0.25, 0.3) is 0 Å². The van der Waals surface area contributed by atoms with Crippen molar-refractivity contribution in [1.29, 1.82) is 0 Å². The number of aromatic nitrogens is 4. The van der Waals surface area contributed by atoms with Crippen LogP contribution in [0.1, 0.15) is 25.5 Å². The number of fused-ring (bicyclic) bond motifs is 1. The van der Waals surface area contributed by atoms with Gasteiger partial charge < -0.3 is 15.8 Å². The van der Waals surface area contributed by atoms with Crippen LogP contribution >= 0.6 is 0 Å². The predicted octanol–water partition coefficient (Wildman–Crippen LogP) is 3.27. The summed E-state index contributed by atoms with van der Waals surface area (Å²) in [5.41, 5.74) is 6.20. The van der Waals surface area contributed by atoms with Crippen LogP contribution < -0.4 is 11.1 Å². The number of anilines is 3. The lowest BCUT2D eigenvalue weighted by molar-refractivity contribution is -0.0298. The molecule has 0 saturated carbocycles. The summed E-state index contributed by atoms with van der Waals surface area (Å²) in [6.07, 6.45) is 4.12. The Hall–Kier alpha value is -2.88. The van der Waals surface area contributed by atoms with E-state index in [1.807, 2.05) is 0 Å². The molecule has 1 aromatic carbocycles. The van der Waals surface area contributed by atoms with Gasteiger partial charge in [0.2, 0.25) is 5.95 Å². The van der Waals surface area contributed by atoms with Crippen LogP contribution in [-0.4, -0.2) is 26.1 Å². The zero-order valence-corrected chi connectivity index (χ0v) is 13.5. The smallest absolute Gasteiger partial charge is 0.224 e. The molecule has 0 aliphatic carbocycles. The summed E-state index contributed by atoms with van der Waals surface area (Å²) < 4.78 is 47.9. The third kappa shape index (κ3) is 2.92. The minimum Gasteiger partial charge on any atom is -0.368 e. The lowest BCUT2D eigenvalue weighted by atomic mass is 10.2. The van der Waals surface area contributed by atoms with Crippen molar-refractivity contribution in [3.05, 3.63) is 35.9 Å². The summed E-state index contributed by atoms with van der Waals surface area (Å²) in [6.45, 7) is 0.635. The predicted molar refractivity (Wildman–Crippen MR) is 88.2 cm³/mol. The average molecular weight is 364 g/mol. The van der Waals surface area contributed by atoms with Crippen molar-refractivity contribution in [1.82, 2.24) is 19.5 Å². The van der Waals surface area contributed by atoms with Crippen LogP contribution in [0.25, 0.3) is 11.2 Å². The maximum absolute atomic E-state index is 13.9. The highest BCUT2D eigenvalue weighted by Gasteiger charge is 2.21. The van der Waals surface area contributed by atoms with Crippen molar-refractivity contribution >= 4 is 28.6 Å². The number of ether oxygens (including phenoxy) is 1. The first kappa shape index (κ1) is 16.6. The first-order valence-electron chi connectivity index (χ1n) is 8.06. The maximum atomic E-state index is 13.9. The van der Waals surface area contributed by atoms with Crippen LogP contribution in [0.5, 0.6) is 0 Å². The summed E-state index contributed by atoms with van der Waals surface area (Å²) in [5, 5.41) is 2.61. The molecule has 1 aliphatic rings. The van der Waals surface area contributed by atoms with E-state index in [1.165, 1.54) is 0 Å². The van der Waals surface area contributed by atoms with Crippen LogP contribution in [0.15, 0.2) is 18.5 Å². The molecular formula is C16H15F3N6O. The third-order valence-electron chi connectivity index (χ3n) is 4.17. The Morgan fingerprint density at radius 1 is 1.12 bits per heavy atom. The second-order valence-electron chi connectivity index (χ2n) is 5.95. The molecule has 10 heteroatoms. The second kappa shape index (κ2) is 6.45. The fourth-order valence-electron chi connectivity index (χ4n) is 2.92. The van der Waals surface area contributed by atoms with Gasteiger partial charge in [0.15, 0.2) is 28.6 Å². The number of rotatable bonds is 3. The molecule has 0 radical (unpaired) electrons. The zero-order valence-electron chi connectivity index (χ0n) is 13.5. The van der Waals surface area contributed by atoms with Gasteiger partial charge in [-0.3, -0.25) is 4.57 Å². The molecule has 2 aromatic heterocycles. The molecule has 0 amide bonds. The first-order chi connectivity index (χ1) is 12.5. The molecule has 1 aliphatic heterocycles. The van der Waals surface area contributed by atoms with Gasteiger partial charge in [-0.25, -0.2) is 18.2 Å². The van der Waals surface area contributed by atoms with E-state index in [0.717, 1.165) is 19.3 Å². The lowest BCUT2D eigenvalue weighted by Crippen LogP contribution is -2.18. The van der Waals surface area contributed by atoms with E-state index in [0.29, 0.717) is 29.9 Å². The Balaban J connectivity index is 1.76. The van der Waals surface area contributed by atoms with Gasteiger partial charge in [0.05, 0.1) is 12.0 Å². The third-order valence-corrected chi connectivity index (χ3v) is 4.17. The van der Waals surface area contributed by atoms with E-state index < -0.39 is 17.5 Å². The molecule has 7 nitrogen and oxygen atoms in total. The number of halogens is 3. The topological polar surface area (TPSA) is 90.9 Å². The Morgan fingerprint density at radius 2 is 1.92 bits per heavy atom. The molecule has 0 spiro atoms. The number of nitrogen functional groups attached to an aromatic ring is 1. The van der Waals surface area contributed by atoms with Gasteiger partial charge in [-0.1, -0.05) is 0 Å². The molecule has 3 N–H and O–H groups in total. The standard InChI is InChI=1S/C16H15F3N6O/c17-8-5-10(19)11(6-9(8)18)22-14-13-15(24-16(20)23-14)25(7-21-13)12-3-1-2-4-26-12/h5-7,12H,1-4H2,(H3,20,22,23,24). The number of nitrogens with two attached hydrogens (primary N) is 1. The molecule has 1 saturated heterocycles. The van der Waals surface area contributed by atoms with Crippen molar-refractivity contribution in [2.45, 2.75) is 25.5 Å². The molecular weight excluding hydrogens is 349 g/mol. The van der Waals surface area contributed by atoms with Crippen LogP contribution in [0.3, 0.4) is 0 Å². The van der Waals surface area contributed by atoms with Crippen molar-refractivity contribution in [3.8, 4) is 0 Å². The molecule has 4 rings (SSSR count). The average Bonchev–Trinajstić information content (AvgIpc) is 3.04. The summed E-state index contributed by atoms with van der Waals surface area (Å²) in [5.74, 6) is -3.41. The van der Waals surface area contributed by atoms with Gasteiger partial charge in [0, 0.05) is 18.7 Å². The molecule has 1 unspecified atom stereocenters. The summed E-state index contributed by atoms with van der Waals surface area (Å²) in [7, 11) is 0. The van der Waals surface area contributed by atoms with Crippen molar-refractivity contribution in [3.63, 3.8) is 0 Å². The fraction of sp³-hybridized carbons (Fsp3) is 0.312. The highest BCUT2D eigenvalue weighted by molar-refractivity contribution is 5.86. The number of nitrogens with one attached hydrogen (secondary N) is 1. The Labute approximate surface area is 146 Å². The van der Waals surface area contributed by atoms with Gasteiger partial charge in [-0.15, -0.1) is 0 Å². The summed E-state index contributed by atoms with van der Waals surface area (Å²) >= 11 is 0. The molecule has 1 atom stereocenters. The first-order valence-corrected chi connectivity index (χ1v) is 8.06. The fourth-order valence-corrected chi connectivity index (χ4v) is 2.92. The molecule has 3 aromatic rings. The molecule has 136 valence electrons. The SMILES string of the molecule is Nc1nc(Nc2cc(F)c(F)cc2F)c2ncn(C3CCCCO3)c2n1. The van der Waals surface area contributed by atoms with Crippen LogP contribution in [-0.2, 0) is 4.74 Å². The minimum absolute atomic E-state index is 0.0689. The lowest BCUT2D eigenvalue weighted by Gasteiger charge is -2.23. The number of benzene rings is 1. The second-order valence-corrected chi connectivity index (χ2v) is 5.95. The Morgan fingerprint density at radius 3 is 2.69 bits per heavy atom. The van der Waals surface area contributed by atoms with E-state index >= 15 is 0 Å². The van der Waals surface area contributed by atoms with E-state index in [-0.39, 0.29) is 23.7 Å². The zero-order chi connectivity index (χ0) is 18.3. The monoisotopic (exact) mass is 364 g/mol. The number of hydrogen-bond acceptors (Lipinski definition) is 6. The normalized spacial score (nSPS) is 17.6. The highest BCUT2D eigenvalue weighted by Crippen LogP contribution is 2.30. The van der Waals surface area contributed by atoms with Gasteiger partial charge >= 0.3 is 0 Å². The van der Waals surface area contributed by atoms with E-state index in [4.69, 9.17) is 10.5 Å². The van der Waals surface area contributed by atoms with Gasteiger partial charge in [-0.2, -0.15) is 9.97 Å². The number of nitrogens with zero attached hydrogens (tertiary/aromatic N) is 4. The maximum Gasteiger partial charge on any atom is 0.224 e. The van der Waals surface area contributed by atoms with E-state index in [2.05, 4.69) is 20.3 Å². The van der Waals surface area contributed by atoms with E-state index in [9.17, 15) is 13.2 Å². The number of imidazole rings is 1. The highest BCUT2D eigenvalue weighted by atomic mass is 19.2. The number of hydrogen-bond donors (Lipinski definition) is 2. The summed E-state index contributed by atoms with van der Waals surface area (Å²) in [4.78, 5) is 12.4. The van der Waals surface area contributed by atoms with E-state index in [1.54, 1.807) is 10.9 Å². The van der Waals surface area contributed by atoms with Crippen molar-refractivity contribution in [2.24, 2.45) is 0 Å². The van der Waals surface area contributed by atoms with Gasteiger partial charge in [0.1, 0.15) is 12.0 Å². The quantitative estimate of drug-likeness (QED) is 0.693.